The maximum Gasteiger partial charge on any atom is 0.314 e. The molecule has 10 nitrogen and oxygen atoms in total. The summed E-state index contributed by atoms with van der Waals surface area (Å²) in [6.45, 7) is 2.42. The van der Waals surface area contributed by atoms with Gasteiger partial charge in [0.05, 0.1) is 12.6 Å². The highest BCUT2D eigenvalue weighted by Gasteiger charge is 2.45. The topological polar surface area (TPSA) is 154 Å². The average Bonchev–Trinajstić information content (AvgIpc) is 3.63. The molecule has 1 aliphatic carbocycles. The van der Waals surface area contributed by atoms with Gasteiger partial charge in [0.1, 0.15) is 11.4 Å². The molecule has 2 aliphatic rings. The number of anilines is 2. The highest BCUT2D eigenvalue weighted by molar-refractivity contribution is 6.39. The van der Waals surface area contributed by atoms with Gasteiger partial charge in [0, 0.05) is 54.1 Å². The van der Waals surface area contributed by atoms with Crippen LogP contribution in [-0.4, -0.2) is 51.2 Å². The first-order valence-electron chi connectivity index (χ1n) is 11.7. The number of aryl methyl sites for hydroxylation is 1. The molecule has 2 fully saturated rings. The van der Waals surface area contributed by atoms with Gasteiger partial charge in [0.2, 0.25) is 5.91 Å². The number of nitrogen functional groups attached to an aromatic ring is 1. The van der Waals surface area contributed by atoms with Crippen molar-refractivity contribution in [3.05, 3.63) is 48.4 Å². The molecule has 1 unspecified atom stereocenters. The van der Waals surface area contributed by atoms with Crippen LogP contribution in [0.5, 0.6) is 0 Å². The number of nitriles is 1. The molecule has 3 amide bonds. The number of hydrogen-bond donors (Lipinski definition) is 3. The number of nitrogens with one attached hydrogen (secondary N) is 2. The van der Waals surface area contributed by atoms with Crippen molar-refractivity contribution < 1.29 is 14.4 Å². The van der Waals surface area contributed by atoms with Gasteiger partial charge in [0.15, 0.2) is 0 Å². The summed E-state index contributed by atoms with van der Waals surface area (Å²) in [5, 5.41) is 16.2. The number of likely N-dealkylation sites (tertiary alicyclic amines) is 1. The summed E-state index contributed by atoms with van der Waals surface area (Å²) in [6.07, 6.45) is 7.00. The van der Waals surface area contributed by atoms with Crippen molar-refractivity contribution in [1.29, 1.82) is 5.26 Å². The molecule has 1 atom stereocenters. The van der Waals surface area contributed by atoms with Crippen LogP contribution in [0.1, 0.15) is 24.8 Å². The second kappa shape index (κ2) is 8.92. The molecule has 10 heteroatoms. The number of carbonyl (C=O) groups excluding carboxylic acids is 3. The van der Waals surface area contributed by atoms with Gasteiger partial charge in [-0.2, -0.15) is 5.26 Å². The number of carbonyl (C=O) groups is 3. The van der Waals surface area contributed by atoms with Crippen LogP contribution in [0.3, 0.4) is 0 Å². The van der Waals surface area contributed by atoms with Crippen LogP contribution < -0.4 is 16.4 Å². The Hall–Kier alpha value is -4.52. The fraction of sp³-hybridized carbons (Fsp3) is 0.308. The fourth-order valence-corrected chi connectivity index (χ4v) is 4.53. The van der Waals surface area contributed by atoms with Crippen molar-refractivity contribution in [2.75, 3.05) is 24.1 Å². The van der Waals surface area contributed by atoms with Crippen LogP contribution in [0.4, 0.5) is 11.5 Å². The zero-order valence-electron chi connectivity index (χ0n) is 19.7. The summed E-state index contributed by atoms with van der Waals surface area (Å²) < 4.78 is 0. The number of amides is 3. The lowest BCUT2D eigenvalue weighted by Gasteiger charge is -2.23. The van der Waals surface area contributed by atoms with E-state index >= 15 is 0 Å². The van der Waals surface area contributed by atoms with E-state index in [1.54, 1.807) is 23.4 Å². The molecule has 3 heterocycles. The third-order valence-electron chi connectivity index (χ3n) is 6.74. The molecule has 0 bridgehead atoms. The first-order chi connectivity index (χ1) is 17.3. The SMILES string of the molecule is Cc1ccncc1-c1cc(N)c2cnc(NC(=O)C(=O)NC3(C#N)CCN(C(=O)C4CC4)C3)cc2c1. The van der Waals surface area contributed by atoms with Gasteiger partial charge in [-0.05, 0) is 60.5 Å². The Morgan fingerprint density at radius 1 is 1.19 bits per heavy atom. The summed E-state index contributed by atoms with van der Waals surface area (Å²) in [7, 11) is 0. The van der Waals surface area contributed by atoms with Crippen LogP contribution >= 0.6 is 0 Å². The third-order valence-corrected chi connectivity index (χ3v) is 6.74. The summed E-state index contributed by atoms with van der Waals surface area (Å²) in [6, 6.07) is 9.40. The van der Waals surface area contributed by atoms with Crippen LogP contribution in [0.15, 0.2) is 42.9 Å². The zero-order chi connectivity index (χ0) is 25.4. The Labute approximate surface area is 207 Å². The largest absolute Gasteiger partial charge is 0.398 e. The molecule has 0 spiro atoms. The number of aromatic nitrogens is 2. The Balaban J connectivity index is 1.31. The maximum atomic E-state index is 12.7. The van der Waals surface area contributed by atoms with Crippen molar-refractivity contribution in [3.8, 4) is 17.2 Å². The Bertz CT molecular complexity index is 1440. The molecule has 5 rings (SSSR count). The van der Waals surface area contributed by atoms with Crippen LogP contribution in [0.2, 0.25) is 0 Å². The molecule has 1 aromatic carbocycles. The van der Waals surface area contributed by atoms with Crippen molar-refractivity contribution in [1.82, 2.24) is 20.2 Å². The molecule has 182 valence electrons. The van der Waals surface area contributed by atoms with E-state index in [1.807, 2.05) is 25.1 Å². The highest BCUT2D eigenvalue weighted by atomic mass is 16.2. The minimum atomic E-state index is -1.29. The highest BCUT2D eigenvalue weighted by Crippen LogP contribution is 2.34. The maximum absolute atomic E-state index is 12.7. The first-order valence-corrected chi connectivity index (χ1v) is 11.7. The van der Waals surface area contributed by atoms with Crippen molar-refractivity contribution in [2.45, 2.75) is 31.7 Å². The number of nitrogens with two attached hydrogens (primary N) is 1. The predicted octanol–water partition coefficient (Wildman–Crippen LogP) is 2.15. The standard InChI is InChI=1S/C26H25N7O3/c1-15-4-6-29-11-19(15)17-8-18-10-22(30-12-20(18)21(28)9-17)31-23(34)24(35)32-26(13-27)5-7-33(14-26)25(36)16-2-3-16/h4,6,8-12,16H,2-3,5,7,14,28H2,1H3,(H,32,35)(H,30,31,34). The Morgan fingerprint density at radius 3 is 2.72 bits per heavy atom. The van der Waals surface area contributed by atoms with Crippen LogP contribution in [0.25, 0.3) is 21.9 Å². The second-order valence-electron chi connectivity index (χ2n) is 9.43. The lowest BCUT2D eigenvalue weighted by Crippen LogP contribution is -2.53. The number of fused-ring (bicyclic) bond motifs is 1. The van der Waals surface area contributed by atoms with E-state index in [1.165, 1.54) is 6.20 Å². The molecule has 4 N–H and O–H groups in total. The number of pyridine rings is 2. The van der Waals surface area contributed by atoms with Gasteiger partial charge in [-0.15, -0.1) is 0 Å². The molecule has 0 radical (unpaired) electrons. The van der Waals surface area contributed by atoms with E-state index in [9.17, 15) is 19.6 Å². The molecule has 2 aromatic heterocycles. The molecule has 1 saturated carbocycles. The van der Waals surface area contributed by atoms with E-state index in [-0.39, 0.29) is 30.6 Å². The molecular formula is C26H25N7O3. The van der Waals surface area contributed by atoms with Crippen LogP contribution in [-0.2, 0) is 14.4 Å². The van der Waals surface area contributed by atoms with Gasteiger partial charge in [0.25, 0.3) is 0 Å². The lowest BCUT2D eigenvalue weighted by molar-refractivity contribution is -0.137. The molecule has 1 aliphatic heterocycles. The first kappa shape index (κ1) is 23.2. The van der Waals surface area contributed by atoms with Gasteiger partial charge >= 0.3 is 11.8 Å². The summed E-state index contributed by atoms with van der Waals surface area (Å²) in [4.78, 5) is 47.6. The predicted molar refractivity (Wildman–Crippen MR) is 133 cm³/mol. The van der Waals surface area contributed by atoms with Crippen LogP contribution in [0, 0.1) is 24.2 Å². The Kier molecular flexibility index (Phi) is 5.76. The molecule has 1 saturated heterocycles. The smallest absolute Gasteiger partial charge is 0.314 e. The molecular weight excluding hydrogens is 458 g/mol. The lowest BCUT2D eigenvalue weighted by atomic mass is 9.99. The number of nitrogens with zero attached hydrogens (tertiary/aromatic N) is 4. The number of hydrogen-bond acceptors (Lipinski definition) is 7. The van der Waals surface area contributed by atoms with E-state index in [0.717, 1.165) is 34.9 Å². The summed E-state index contributed by atoms with van der Waals surface area (Å²) in [5.74, 6) is -1.71. The van der Waals surface area contributed by atoms with Gasteiger partial charge in [-0.1, -0.05) is 0 Å². The summed E-state index contributed by atoms with van der Waals surface area (Å²) >= 11 is 0. The third kappa shape index (κ3) is 4.43. The minimum absolute atomic E-state index is 0.00584. The second-order valence-corrected chi connectivity index (χ2v) is 9.43. The zero-order valence-corrected chi connectivity index (χ0v) is 19.7. The normalized spacial score (nSPS) is 19.1. The van der Waals surface area contributed by atoms with Crippen molar-refractivity contribution >= 4 is 40.0 Å². The monoisotopic (exact) mass is 483 g/mol. The number of benzene rings is 1. The van der Waals surface area contributed by atoms with Gasteiger partial charge < -0.3 is 21.3 Å². The number of rotatable bonds is 4. The van der Waals surface area contributed by atoms with Crippen molar-refractivity contribution in [2.24, 2.45) is 5.92 Å². The fourth-order valence-electron chi connectivity index (χ4n) is 4.53. The molecule has 36 heavy (non-hydrogen) atoms. The van der Waals surface area contributed by atoms with Crippen molar-refractivity contribution in [3.63, 3.8) is 0 Å². The van der Waals surface area contributed by atoms with E-state index in [0.29, 0.717) is 17.6 Å². The summed E-state index contributed by atoms with van der Waals surface area (Å²) in [5.41, 5.74) is 8.32. The van der Waals surface area contributed by atoms with Gasteiger partial charge in [-0.3, -0.25) is 19.4 Å². The average molecular weight is 484 g/mol. The quantitative estimate of drug-likeness (QED) is 0.379. The molecule has 3 aromatic rings. The van der Waals surface area contributed by atoms with E-state index in [4.69, 9.17) is 5.73 Å². The minimum Gasteiger partial charge on any atom is -0.398 e. The van der Waals surface area contributed by atoms with Gasteiger partial charge in [-0.25, -0.2) is 4.98 Å². The van der Waals surface area contributed by atoms with E-state index in [2.05, 4.69) is 26.7 Å². The Morgan fingerprint density at radius 2 is 2.00 bits per heavy atom. The van der Waals surface area contributed by atoms with E-state index < -0.39 is 17.4 Å².